The zero-order valence-electron chi connectivity index (χ0n) is 16.6. The minimum absolute atomic E-state index is 0.0643. The Morgan fingerprint density at radius 1 is 1.19 bits per heavy atom. The third-order valence-electron chi connectivity index (χ3n) is 5.18. The van der Waals surface area contributed by atoms with Crippen molar-refractivity contribution in [2.24, 2.45) is 0 Å². The molecule has 0 aromatic heterocycles. The number of nitrogens with one attached hydrogen (secondary N) is 2. The fourth-order valence-electron chi connectivity index (χ4n) is 3.30. The quantitative estimate of drug-likeness (QED) is 0.506. The highest BCUT2D eigenvalue weighted by molar-refractivity contribution is 7.92. The van der Waals surface area contributed by atoms with Gasteiger partial charge in [-0.05, 0) is 55.3 Å². The molecule has 1 saturated carbocycles. The summed E-state index contributed by atoms with van der Waals surface area (Å²) in [6.45, 7) is -0.271. The molecular weight excluding hydrogens is 445 g/mol. The van der Waals surface area contributed by atoms with Gasteiger partial charge in [0.15, 0.2) is 0 Å². The average Bonchev–Trinajstić information content (AvgIpc) is 3.50. The van der Waals surface area contributed by atoms with Gasteiger partial charge in [0.2, 0.25) is 0 Å². The second kappa shape index (κ2) is 7.95. The fraction of sp³-hybridized carbons (Fsp3) is 0.300. The van der Waals surface area contributed by atoms with Crippen molar-refractivity contribution in [2.45, 2.75) is 29.4 Å². The van der Waals surface area contributed by atoms with E-state index in [9.17, 15) is 27.5 Å². The van der Waals surface area contributed by atoms with Crippen molar-refractivity contribution >= 4 is 33.4 Å². The summed E-state index contributed by atoms with van der Waals surface area (Å²) >= 11 is 0. The number of benzene rings is 2. The van der Waals surface area contributed by atoms with E-state index in [2.05, 4.69) is 10.6 Å². The Morgan fingerprint density at radius 3 is 2.50 bits per heavy atom. The molecule has 4 rings (SSSR count). The molecule has 0 bridgehead atoms. The van der Waals surface area contributed by atoms with Crippen LogP contribution in [0.2, 0.25) is 0 Å². The van der Waals surface area contributed by atoms with Crippen LogP contribution in [0.1, 0.15) is 12.8 Å². The zero-order valence-corrected chi connectivity index (χ0v) is 17.4. The Hall–Kier alpha value is -3.38. The molecule has 2 aromatic carbocycles. The van der Waals surface area contributed by atoms with Crippen molar-refractivity contribution in [3.63, 3.8) is 0 Å². The summed E-state index contributed by atoms with van der Waals surface area (Å²) in [6, 6.07) is 8.42. The number of carboxylic acid groups (broad SMARTS) is 1. The van der Waals surface area contributed by atoms with Crippen molar-refractivity contribution in [3.8, 4) is 5.75 Å². The first-order valence-corrected chi connectivity index (χ1v) is 11.1. The van der Waals surface area contributed by atoms with Gasteiger partial charge in [0.1, 0.15) is 23.3 Å². The van der Waals surface area contributed by atoms with E-state index in [0.29, 0.717) is 12.8 Å². The highest BCUT2D eigenvalue weighted by Crippen LogP contribution is 2.39. The molecule has 12 heteroatoms. The lowest BCUT2D eigenvalue weighted by Gasteiger charge is -2.36. The molecule has 2 aromatic rings. The van der Waals surface area contributed by atoms with Gasteiger partial charge in [0.05, 0.1) is 23.7 Å². The highest BCUT2D eigenvalue weighted by atomic mass is 32.2. The van der Waals surface area contributed by atoms with Crippen LogP contribution in [0.25, 0.3) is 0 Å². The van der Waals surface area contributed by atoms with E-state index >= 15 is 0 Å². The number of hydrogen-bond donors (Lipinski definition) is 4. The molecule has 1 fully saturated rings. The number of carbonyl (C=O) groups is 2. The Bertz CT molecular complexity index is 1170. The number of anilines is 2. The van der Waals surface area contributed by atoms with Crippen LogP contribution in [0.15, 0.2) is 47.4 Å². The van der Waals surface area contributed by atoms with Gasteiger partial charge >= 0.3 is 6.09 Å². The van der Waals surface area contributed by atoms with Crippen LogP contribution in [0.4, 0.5) is 20.6 Å². The van der Waals surface area contributed by atoms with Crippen LogP contribution in [-0.2, 0) is 14.8 Å². The van der Waals surface area contributed by atoms with Crippen LogP contribution in [0, 0.1) is 5.82 Å². The van der Waals surface area contributed by atoms with Crippen LogP contribution in [0.3, 0.4) is 0 Å². The van der Waals surface area contributed by atoms with Crippen molar-refractivity contribution in [1.29, 1.82) is 0 Å². The van der Waals surface area contributed by atoms with Crippen LogP contribution >= 0.6 is 0 Å². The highest BCUT2D eigenvalue weighted by Gasteiger charge is 2.48. The predicted octanol–water partition coefficient (Wildman–Crippen LogP) is 1.51. The predicted molar refractivity (Wildman–Crippen MR) is 111 cm³/mol. The molecule has 0 saturated heterocycles. The number of amides is 2. The maximum Gasteiger partial charge on any atom is 0.409 e. The first kappa shape index (κ1) is 21.8. The summed E-state index contributed by atoms with van der Waals surface area (Å²) in [5.41, 5.74) is -1.17. The molecule has 1 atom stereocenters. The molecular formula is C20H20FN3O7S. The number of rotatable bonds is 6. The van der Waals surface area contributed by atoms with E-state index < -0.39 is 39.5 Å². The normalized spacial score (nSPS) is 18.8. The molecule has 170 valence electrons. The molecule has 0 spiro atoms. The second-order valence-electron chi connectivity index (χ2n) is 7.58. The van der Waals surface area contributed by atoms with E-state index in [4.69, 9.17) is 9.84 Å². The molecule has 10 nitrogen and oxygen atoms in total. The maximum atomic E-state index is 13.3. The standard InChI is InChI=1S/C20H20FN3O7S/c21-12-1-4-15(5-2-12)32(29,30)24-11-14(10-22-18(25)20(28)7-8-20)31-17-6-3-13(9-16(17)24)23-19(26)27/h1-6,9,14,23,28H,7-8,10-11H2,(H,22,25)(H,26,27). The smallest absolute Gasteiger partial charge is 0.409 e. The van der Waals surface area contributed by atoms with E-state index in [0.717, 1.165) is 28.6 Å². The van der Waals surface area contributed by atoms with Crippen LogP contribution in [0.5, 0.6) is 5.75 Å². The van der Waals surface area contributed by atoms with Crippen molar-refractivity contribution in [3.05, 3.63) is 48.3 Å². The number of sulfonamides is 1. The Kier molecular flexibility index (Phi) is 5.42. The number of halogens is 1. The van der Waals surface area contributed by atoms with Gasteiger partial charge in [-0.15, -0.1) is 0 Å². The molecule has 1 heterocycles. The summed E-state index contributed by atoms with van der Waals surface area (Å²) in [4.78, 5) is 22.9. The lowest BCUT2D eigenvalue weighted by molar-refractivity contribution is -0.131. The first-order chi connectivity index (χ1) is 15.1. The largest absolute Gasteiger partial charge is 0.484 e. The molecule has 1 aliphatic carbocycles. The van der Waals surface area contributed by atoms with Gasteiger partial charge in [-0.25, -0.2) is 17.6 Å². The average molecular weight is 465 g/mol. The van der Waals surface area contributed by atoms with Gasteiger partial charge in [-0.2, -0.15) is 0 Å². The molecule has 4 N–H and O–H groups in total. The van der Waals surface area contributed by atoms with Crippen LogP contribution in [-0.4, -0.2) is 55.4 Å². The minimum atomic E-state index is -4.18. The Balaban J connectivity index is 1.66. The SMILES string of the molecule is O=C(O)Nc1ccc2c(c1)N(S(=O)(=O)c1ccc(F)cc1)CC(CNC(=O)C1(O)CC1)O2. The van der Waals surface area contributed by atoms with E-state index in [1.165, 1.54) is 18.2 Å². The summed E-state index contributed by atoms with van der Waals surface area (Å²) < 4.78 is 46.8. The van der Waals surface area contributed by atoms with E-state index in [1.54, 1.807) is 0 Å². The van der Waals surface area contributed by atoms with Gasteiger partial charge in [0.25, 0.3) is 15.9 Å². The Labute approximate surface area is 182 Å². The monoisotopic (exact) mass is 465 g/mol. The van der Waals surface area contributed by atoms with Gasteiger partial charge in [-0.3, -0.25) is 14.4 Å². The first-order valence-electron chi connectivity index (χ1n) is 9.68. The van der Waals surface area contributed by atoms with Crippen LogP contribution < -0.4 is 19.7 Å². The topological polar surface area (TPSA) is 145 Å². The summed E-state index contributed by atoms with van der Waals surface area (Å²) in [6.07, 6.45) is -1.40. The maximum absolute atomic E-state index is 13.3. The van der Waals surface area contributed by atoms with Crippen molar-refractivity contribution in [1.82, 2.24) is 5.32 Å². The van der Waals surface area contributed by atoms with Gasteiger partial charge in [0, 0.05) is 5.69 Å². The summed E-state index contributed by atoms with van der Waals surface area (Å²) in [5, 5.41) is 23.6. The fourth-order valence-corrected chi connectivity index (χ4v) is 4.80. The van der Waals surface area contributed by atoms with Crippen molar-refractivity contribution in [2.75, 3.05) is 22.7 Å². The lowest BCUT2D eigenvalue weighted by atomic mass is 10.2. The second-order valence-corrected chi connectivity index (χ2v) is 9.45. The zero-order chi connectivity index (χ0) is 23.1. The third kappa shape index (κ3) is 4.32. The Morgan fingerprint density at radius 2 is 1.88 bits per heavy atom. The number of carbonyl (C=O) groups excluding carboxylic acids is 1. The summed E-state index contributed by atoms with van der Waals surface area (Å²) in [7, 11) is -4.18. The number of hydrogen-bond acceptors (Lipinski definition) is 6. The molecule has 32 heavy (non-hydrogen) atoms. The lowest BCUT2D eigenvalue weighted by Crippen LogP contribution is -2.50. The molecule has 2 aliphatic rings. The number of fused-ring (bicyclic) bond motifs is 1. The van der Waals surface area contributed by atoms with Crippen molar-refractivity contribution < 1.29 is 37.3 Å². The third-order valence-corrected chi connectivity index (χ3v) is 6.97. The molecule has 1 aliphatic heterocycles. The number of nitrogens with zero attached hydrogens (tertiary/aromatic N) is 1. The van der Waals surface area contributed by atoms with E-state index in [1.807, 2.05) is 0 Å². The molecule has 1 unspecified atom stereocenters. The van der Waals surface area contributed by atoms with Gasteiger partial charge in [-0.1, -0.05) is 0 Å². The minimum Gasteiger partial charge on any atom is -0.484 e. The molecule has 0 radical (unpaired) electrons. The van der Waals surface area contributed by atoms with E-state index in [-0.39, 0.29) is 35.1 Å². The molecule has 2 amide bonds. The number of aliphatic hydroxyl groups is 1. The van der Waals surface area contributed by atoms with Gasteiger partial charge < -0.3 is 20.3 Å². The number of ether oxygens (including phenoxy) is 1. The summed E-state index contributed by atoms with van der Waals surface area (Å²) in [5.74, 6) is -0.999.